The largest absolute Gasteiger partial charge is 0.508 e. The summed E-state index contributed by atoms with van der Waals surface area (Å²) in [5.74, 6) is 0.160. The molecule has 0 unspecified atom stereocenters. The number of nitrogens with two attached hydrogens (primary N) is 1. The highest BCUT2D eigenvalue weighted by molar-refractivity contribution is 7.86. The molecule has 0 radical (unpaired) electrons. The summed E-state index contributed by atoms with van der Waals surface area (Å²) in [7, 11) is -1.21. The quantitative estimate of drug-likeness (QED) is 0.487. The lowest BCUT2D eigenvalue weighted by atomic mass is 10.2. The average molecular weight is 417 g/mol. The van der Waals surface area contributed by atoms with Crippen molar-refractivity contribution < 1.29 is 36.3 Å². The molecule has 2 aromatic heterocycles. The Morgan fingerprint density at radius 1 is 1.39 bits per heavy atom. The van der Waals surface area contributed by atoms with E-state index in [1.807, 2.05) is 0 Å². The first-order valence-corrected chi connectivity index (χ1v) is 9.82. The van der Waals surface area contributed by atoms with E-state index in [2.05, 4.69) is 19.7 Å². The third kappa shape index (κ3) is 4.23. The monoisotopic (exact) mass is 417 g/mol. The van der Waals surface area contributed by atoms with Gasteiger partial charge in [-0.15, -0.1) is 0 Å². The molecule has 3 rings (SSSR count). The van der Waals surface area contributed by atoms with Crippen LogP contribution in [0.1, 0.15) is 12.6 Å². The van der Waals surface area contributed by atoms with Crippen LogP contribution in [0, 0.1) is 0 Å². The summed E-state index contributed by atoms with van der Waals surface area (Å²) in [6.45, 7) is -0.267. The number of ether oxygens (including phenoxy) is 4. The van der Waals surface area contributed by atoms with Crippen molar-refractivity contribution in [2.24, 2.45) is 0 Å². The standard InChI is InChI=1S/C14H19N5O8S/c1-23-12-10-11(17-13(15)18-12)19(6-16-10)9-4-7(27-28(3,21)22)8(26-9)5-25-14(20)24-2/h6-9H,4-5H2,1-3H3,(H2,15,17,18)/t7-,8-,9-/m1/s1. The van der Waals surface area contributed by atoms with Crippen molar-refractivity contribution in [2.75, 3.05) is 32.8 Å². The van der Waals surface area contributed by atoms with E-state index < -0.39 is 34.7 Å². The third-order valence-corrected chi connectivity index (χ3v) is 4.52. The molecule has 1 aliphatic heterocycles. The highest BCUT2D eigenvalue weighted by Crippen LogP contribution is 2.34. The normalized spacial score (nSPS) is 22.3. The Balaban J connectivity index is 1.89. The molecule has 0 spiro atoms. The van der Waals surface area contributed by atoms with Crippen molar-refractivity contribution >= 4 is 33.4 Å². The Morgan fingerprint density at radius 3 is 2.79 bits per heavy atom. The van der Waals surface area contributed by atoms with E-state index in [9.17, 15) is 13.2 Å². The van der Waals surface area contributed by atoms with Gasteiger partial charge >= 0.3 is 6.16 Å². The third-order valence-electron chi connectivity index (χ3n) is 3.92. The Bertz CT molecular complexity index is 978. The van der Waals surface area contributed by atoms with Crippen LogP contribution < -0.4 is 10.5 Å². The SMILES string of the molecule is COC(=O)OC[C@H]1O[C@@H](n2cnc3c(OC)nc(N)nc32)C[C@H]1OS(C)(=O)=O. The zero-order valence-electron chi connectivity index (χ0n) is 15.3. The van der Waals surface area contributed by atoms with Gasteiger partial charge in [0.05, 0.1) is 26.8 Å². The second kappa shape index (κ2) is 7.73. The summed E-state index contributed by atoms with van der Waals surface area (Å²) < 4.78 is 50.1. The van der Waals surface area contributed by atoms with E-state index in [1.54, 1.807) is 4.57 Å². The van der Waals surface area contributed by atoms with E-state index >= 15 is 0 Å². The van der Waals surface area contributed by atoms with Crippen molar-refractivity contribution in [1.82, 2.24) is 19.5 Å². The smallest absolute Gasteiger partial charge is 0.479 e. The number of carbonyl (C=O) groups excluding carboxylic acids is 1. The zero-order valence-corrected chi connectivity index (χ0v) is 16.1. The molecular weight excluding hydrogens is 398 g/mol. The zero-order chi connectivity index (χ0) is 20.5. The number of nitrogens with zero attached hydrogens (tertiary/aromatic N) is 4. The summed E-state index contributed by atoms with van der Waals surface area (Å²) >= 11 is 0. The number of hydrogen-bond acceptors (Lipinski definition) is 12. The minimum Gasteiger partial charge on any atom is -0.479 e. The maximum Gasteiger partial charge on any atom is 0.508 e. The fraction of sp³-hybridized carbons (Fsp3) is 0.571. The second-order valence-corrected chi connectivity index (χ2v) is 7.48. The van der Waals surface area contributed by atoms with Crippen LogP contribution in [-0.2, 0) is 28.5 Å². The Kier molecular flexibility index (Phi) is 5.53. The molecule has 3 atom stereocenters. The van der Waals surface area contributed by atoms with Crippen molar-refractivity contribution in [2.45, 2.75) is 24.9 Å². The number of hydrogen-bond donors (Lipinski definition) is 1. The molecule has 3 heterocycles. The van der Waals surface area contributed by atoms with Crippen LogP contribution >= 0.6 is 0 Å². The Hall–Kier alpha value is -2.71. The predicted octanol–water partition coefficient (Wildman–Crippen LogP) is -0.168. The van der Waals surface area contributed by atoms with Gasteiger partial charge in [0.2, 0.25) is 11.8 Å². The van der Waals surface area contributed by atoms with E-state index in [1.165, 1.54) is 13.4 Å². The summed E-state index contributed by atoms with van der Waals surface area (Å²) in [5, 5.41) is 0. The fourth-order valence-electron chi connectivity index (χ4n) is 2.82. The lowest BCUT2D eigenvalue weighted by Crippen LogP contribution is -2.31. The van der Waals surface area contributed by atoms with Gasteiger partial charge in [-0.25, -0.2) is 9.78 Å². The van der Waals surface area contributed by atoms with Crippen LogP contribution in [0.25, 0.3) is 11.2 Å². The number of imidazole rings is 1. The predicted molar refractivity (Wildman–Crippen MR) is 92.9 cm³/mol. The summed E-state index contributed by atoms with van der Waals surface area (Å²) in [6, 6.07) is 0. The first-order valence-electron chi connectivity index (χ1n) is 8.00. The number of fused-ring (bicyclic) bond motifs is 1. The number of methoxy groups -OCH3 is 2. The average Bonchev–Trinajstić information content (AvgIpc) is 3.21. The van der Waals surface area contributed by atoms with E-state index in [-0.39, 0.29) is 24.9 Å². The minimum absolute atomic E-state index is 0.0291. The molecule has 13 nitrogen and oxygen atoms in total. The molecule has 2 aromatic rings. The molecule has 28 heavy (non-hydrogen) atoms. The highest BCUT2D eigenvalue weighted by Gasteiger charge is 2.40. The number of anilines is 1. The van der Waals surface area contributed by atoms with Crippen LogP contribution in [0.15, 0.2) is 6.33 Å². The Morgan fingerprint density at radius 2 is 2.14 bits per heavy atom. The molecule has 1 fully saturated rings. The van der Waals surface area contributed by atoms with Crippen molar-refractivity contribution in [3.8, 4) is 5.88 Å². The highest BCUT2D eigenvalue weighted by atomic mass is 32.2. The van der Waals surface area contributed by atoms with Gasteiger partial charge in [-0.3, -0.25) is 8.75 Å². The van der Waals surface area contributed by atoms with E-state index in [0.717, 1.165) is 13.4 Å². The van der Waals surface area contributed by atoms with Gasteiger partial charge in [-0.2, -0.15) is 18.4 Å². The minimum atomic E-state index is -3.78. The van der Waals surface area contributed by atoms with Crippen molar-refractivity contribution in [3.63, 3.8) is 0 Å². The molecule has 1 saturated heterocycles. The topological polar surface area (TPSA) is 167 Å². The van der Waals surface area contributed by atoms with Gasteiger partial charge in [0.15, 0.2) is 11.2 Å². The lowest BCUT2D eigenvalue weighted by Gasteiger charge is -2.17. The van der Waals surface area contributed by atoms with Crippen molar-refractivity contribution in [3.05, 3.63) is 6.33 Å². The number of carbonyl (C=O) groups is 1. The van der Waals surface area contributed by atoms with Gasteiger partial charge in [0.25, 0.3) is 10.1 Å². The van der Waals surface area contributed by atoms with Gasteiger partial charge in [0.1, 0.15) is 25.0 Å². The molecule has 14 heteroatoms. The molecule has 1 aliphatic rings. The van der Waals surface area contributed by atoms with Gasteiger partial charge in [0, 0.05) is 6.42 Å². The summed E-state index contributed by atoms with van der Waals surface area (Å²) in [4.78, 5) is 23.5. The first-order chi connectivity index (χ1) is 13.2. The van der Waals surface area contributed by atoms with E-state index in [0.29, 0.717) is 11.2 Å². The van der Waals surface area contributed by atoms with E-state index in [4.69, 9.17) is 24.1 Å². The van der Waals surface area contributed by atoms with Crippen LogP contribution in [0.4, 0.5) is 10.7 Å². The molecule has 0 bridgehead atoms. The van der Waals surface area contributed by atoms with Gasteiger partial charge < -0.3 is 24.7 Å². The van der Waals surface area contributed by atoms with Crippen LogP contribution in [0.2, 0.25) is 0 Å². The van der Waals surface area contributed by atoms with Crippen LogP contribution in [0.3, 0.4) is 0 Å². The lowest BCUT2D eigenvalue weighted by molar-refractivity contribution is -0.0502. The first kappa shape index (κ1) is 20.0. The molecule has 0 aliphatic carbocycles. The van der Waals surface area contributed by atoms with Crippen LogP contribution in [-0.4, -0.2) is 73.4 Å². The van der Waals surface area contributed by atoms with Gasteiger partial charge in [-0.1, -0.05) is 0 Å². The molecule has 0 aromatic carbocycles. The molecule has 0 saturated carbocycles. The number of nitrogen functional groups attached to an aromatic ring is 1. The molecular formula is C14H19N5O8S. The summed E-state index contributed by atoms with van der Waals surface area (Å²) in [5.41, 5.74) is 6.39. The molecule has 2 N–H and O–H groups in total. The molecule has 0 amide bonds. The maximum atomic E-state index is 11.6. The fourth-order valence-corrected chi connectivity index (χ4v) is 3.47. The second-order valence-electron chi connectivity index (χ2n) is 5.88. The molecule has 154 valence electrons. The van der Waals surface area contributed by atoms with Gasteiger partial charge in [-0.05, 0) is 0 Å². The van der Waals surface area contributed by atoms with Crippen molar-refractivity contribution in [1.29, 1.82) is 0 Å². The number of rotatable bonds is 6. The maximum absolute atomic E-state index is 11.6. The Labute approximate surface area is 159 Å². The van der Waals surface area contributed by atoms with Crippen LogP contribution in [0.5, 0.6) is 5.88 Å². The summed E-state index contributed by atoms with van der Waals surface area (Å²) in [6.07, 6.45) is -0.914. The number of aromatic nitrogens is 4.